The second kappa shape index (κ2) is 6.48. The van der Waals surface area contributed by atoms with Crippen molar-refractivity contribution < 1.29 is 12.8 Å². The number of nitrogens with one attached hydrogen (secondary N) is 4. The predicted octanol–water partition coefficient (Wildman–Crippen LogP) is 0.287. The molecule has 2 aliphatic rings. The minimum atomic E-state index is -3.85. The minimum absolute atomic E-state index is 0.160. The van der Waals surface area contributed by atoms with Gasteiger partial charge in [-0.25, -0.2) is 12.8 Å². The Balaban J connectivity index is 2.49. The van der Waals surface area contributed by atoms with Gasteiger partial charge < -0.3 is 16.4 Å². The van der Waals surface area contributed by atoms with E-state index in [9.17, 15) is 12.8 Å². The van der Waals surface area contributed by atoms with Crippen molar-refractivity contribution in [3.05, 3.63) is 23.7 Å². The molecule has 9 heteroatoms. The van der Waals surface area contributed by atoms with Crippen LogP contribution in [0.1, 0.15) is 26.7 Å². The highest BCUT2D eigenvalue weighted by molar-refractivity contribution is 7.91. The van der Waals surface area contributed by atoms with E-state index in [0.29, 0.717) is 12.2 Å². The molecule has 1 unspecified atom stereocenters. The average molecular weight is 345 g/mol. The fraction of sp³-hybridized carbons (Fsp3) is 0.643. The van der Waals surface area contributed by atoms with Crippen LogP contribution in [0.25, 0.3) is 0 Å². The zero-order valence-electron chi connectivity index (χ0n) is 13.3. The Labute approximate surface area is 136 Å². The highest BCUT2D eigenvalue weighted by Crippen LogP contribution is 2.38. The number of hydrogen-bond donors (Lipinski definition) is 5. The maximum Gasteiger partial charge on any atom is 0.244 e. The summed E-state index contributed by atoms with van der Waals surface area (Å²) >= 11 is 0. The van der Waals surface area contributed by atoms with Gasteiger partial charge in [0.15, 0.2) is 0 Å². The van der Waals surface area contributed by atoms with Crippen molar-refractivity contribution in [2.24, 2.45) is 11.7 Å². The normalized spacial score (nSPS) is 33.3. The van der Waals surface area contributed by atoms with Crippen LogP contribution in [-0.4, -0.2) is 38.3 Å². The monoisotopic (exact) mass is 345 g/mol. The average Bonchev–Trinajstić information content (AvgIpc) is 2.48. The van der Waals surface area contributed by atoms with Crippen LogP contribution in [0.5, 0.6) is 0 Å². The Morgan fingerprint density at radius 3 is 2.78 bits per heavy atom. The van der Waals surface area contributed by atoms with E-state index in [1.54, 1.807) is 6.92 Å². The molecule has 0 amide bonds. The summed E-state index contributed by atoms with van der Waals surface area (Å²) in [5.74, 6) is -1.48. The summed E-state index contributed by atoms with van der Waals surface area (Å²) in [4.78, 5) is 0. The molecule has 0 radical (unpaired) electrons. The van der Waals surface area contributed by atoms with E-state index in [-0.39, 0.29) is 25.3 Å². The minimum Gasteiger partial charge on any atom is -0.402 e. The Morgan fingerprint density at radius 1 is 1.48 bits per heavy atom. The smallest absolute Gasteiger partial charge is 0.244 e. The number of halogens is 1. The van der Waals surface area contributed by atoms with Crippen LogP contribution in [0.4, 0.5) is 4.39 Å². The van der Waals surface area contributed by atoms with Crippen molar-refractivity contribution in [3.63, 3.8) is 0 Å². The Kier molecular flexibility index (Phi) is 5.00. The van der Waals surface area contributed by atoms with E-state index in [4.69, 9.17) is 11.1 Å². The SMILES string of the molecule is CCNC[C@@]1(CC)[C@@H](C2CC(N)=CC=C2F)NC(=N)NS1(=O)=O. The maximum absolute atomic E-state index is 14.4. The predicted molar refractivity (Wildman–Crippen MR) is 87.8 cm³/mol. The first-order chi connectivity index (χ1) is 10.8. The van der Waals surface area contributed by atoms with E-state index < -0.39 is 32.6 Å². The summed E-state index contributed by atoms with van der Waals surface area (Å²) in [6, 6.07) is -0.784. The zero-order valence-corrected chi connectivity index (χ0v) is 14.1. The summed E-state index contributed by atoms with van der Waals surface area (Å²) < 4.78 is 40.9. The van der Waals surface area contributed by atoms with Gasteiger partial charge in [-0.1, -0.05) is 13.8 Å². The van der Waals surface area contributed by atoms with Gasteiger partial charge in [-0.3, -0.25) is 10.1 Å². The molecule has 6 N–H and O–H groups in total. The zero-order chi connectivity index (χ0) is 17.3. The van der Waals surface area contributed by atoms with Crippen LogP contribution in [0.15, 0.2) is 23.7 Å². The molecule has 2 rings (SSSR count). The molecule has 1 fully saturated rings. The number of nitrogens with two attached hydrogens (primary N) is 1. The van der Waals surface area contributed by atoms with Crippen molar-refractivity contribution in [2.45, 2.75) is 37.5 Å². The van der Waals surface area contributed by atoms with Crippen molar-refractivity contribution in [1.29, 1.82) is 5.41 Å². The largest absolute Gasteiger partial charge is 0.402 e. The molecular weight excluding hydrogens is 321 g/mol. The Hall–Kier alpha value is -1.61. The first kappa shape index (κ1) is 17.7. The van der Waals surface area contributed by atoms with Gasteiger partial charge in [0.25, 0.3) is 0 Å². The lowest BCUT2D eigenvalue weighted by atomic mass is 9.80. The highest BCUT2D eigenvalue weighted by Gasteiger charge is 2.56. The number of sulfonamides is 1. The second-order valence-corrected chi connectivity index (χ2v) is 7.93. The molecule has 0 aromatic heterocycles. The van der Waals surface area contributed by atoms with Crippen molar-refractivity contribution in [3.8, 4) is 0 Å². The van der Waals surface area contributed by atoms with E-state index in [1.165, 1.54) is 12.2 Å². The Bertz CT molecular complexity index is 646. The third kappa shape index (κ3) is 3.07. The molecular formula is C14H24FN5O2S. The van der Waals surface area contributed by atoms with E-state index >= 15 is 0 Å². The van der Waals surface area contributed by atoms with Crippen molar-refractivity contribution in [2.75, 3.05) is 13.1 Å². The van der Waals surface area contributed by atoms with Gasteiger partial charge in [-0.15, -0.1) is 0 Å². The molecule has 3 atom stereocenters. The fourth-order valence-electron chi connectivity index (χ4n) is 3.27. The number of rotatable bonds is 5. The van der Waals surface area contributed by atoms with Crippen molar-refractivity contribution >= 4 is 16.0 Å². The van der Waals surface area contributed by atoms with Gasteiger partial charge >= 0.3 is 0 Å². The summed E-state index contributed by atoms with van der Waals surface area (Å²) in [5.41, 5.74) is 6.31. The van der Waals surface area contributed by atoms with Crippen LogP contribution in [0.2, 0.25) is 0 Å². The first-order valence-corrected chi connectivity index (χ1v) is 9.15. The van der Waals surface area contributed by atoms with Gasteiger partial charge in [0.05, 0.1) is 6.04 Å². The molecule has 0 bridgehead atoms. The van der Waals surface area contributed by atoms with Crippen LogP contribution in [-0.2, 0) is 10.0 Å². The molecule has 0 aromatic rings. The first-order valence-electron chi connectivity index (χ1n) is 7.67. The quantitative estimate of drug-likeness (QED) is 0.490. The van der Waals surface area contributed by atoms with Gasteiger partial charge in [-0.2, -0.15) is 0 Å². The summed E-state index contributed by atoms with van der Waals surface area (Å²) in [7, 11) is -3.85. The molecule has 1 saturated heterocycles. The van der Waals surface area contributed by atoms with E-state index in [1.807, 2.05) is 6.92 Å². The van der Waals surface area contributed by atoms with Crippen LogP contribution < -0.4 is 21.1 Å². The molecule has 1 aliphatic heterocycles. The molecule has 1 heterocycles. The highest BCUT2D eigenvalue weighted by atomic mass is 32.2. The van der Waals surface area contributed by atoms with Gasteiger partial charge in [0.1, 0.15) is 10.6 Å². The molecule has 0 aromatic carbocycles. The maximum atomic E-state index is 14.4. The van der Waals surface area contributed by atoms with Gasteiger partial charge in [-0.05, 0) is 31.5 Å². The van der Waals surface area contributed by atoms with Crippen LogP contribution >= 0.6 is 0 Å². The van der Waals surface area contributed by atoms with Crippen LogP contribution in [0, 0.1) is 11.3 Å². The third-order valence-corrected chi connectivity index (χ3v) is 6.81. The lowest BCUT2D eigenvalue weighted by Gasteiger charge is -2.47. The van der Waals surface area contributed by atoms with Gasteiger partial charge in [0.2, 0.25) is 16.0 Å². The molecule has 7 nitrogen and oxygen atoms in total. The van der Waals surface area contributed by atoms with Crippen LogP contribution in [0.3, 0.4) is 0 Å². The lowest BCUT2D eigenvalue weighted by Crippen LogP contribution is -2.73. The number of hydrogen-bond acceptors (Lipinski definition) is 5. The fourth-order valence-corrected chi connectivity index (χ4v) is 5.03. The van der Waals surface area contributed by atoms with Gasteiger partial charge in [0, 0.05) is 18.2 Å². The van der Waals surface area contributed by atoms with E-state index in [2.05, 4.69) is 15.4 Å². The molecule has 1 aliphatic carbocycles. The third-order valence-electron chi connectivity index (χ3n) is 4.58. The number of allylic oxidation sites excluding steroid dienone is 3. The van der Waals surface area contributed by atoms with Crippen molar-refractivity contribution in [1.82, 2.24) is 15.4 Å². The summed E-state index contributed by atoms with van der Waals surface area (Å²) in [6.07, 6.45) is 3.26. The second-order valence-electron chi connectivity index (χ2n) is 5.90. The molecule has 0 spiro atoms. The lowest BCUT2D eigenvalue weighted by molar-refractivity contribution is 0.270. The summed E-state index contributed by atoms with van der Waals surface area (Å²) in [5, 5.41) is 13.6. The standard InChI is InChI=1S/C14H24FN5O2S/c1-3-14(8-18-4-2)12(19-13(17)20-23(14,21)22)10-7-9(16)5-6-11(10)15/h5-6,10,12,18H,3-4,7-8,16H2,1-2H3,(H3,17,19,20)/t10?,12-,14+/m1/s1. The molecule has 0 saturated carbocycles. The molecule has 23 heavy (non-hydrogen) atoms. The number of guanidine groups is 1. The molecule has 130 valence electrons. The topological polar surface area (TPSA) is 120 Å². The summed E-state index contributed by atoms with van der Waals surface area (Å²) in [6.45, 7) is 4.38. The van der Waals surface area contributed by atoms with E-state index in [0.717, 1.165) is 0 Å². The Morgan fingerprint density at radius 2 is 2.17 bits per heavy atom.